The smallest absolute Gasteiger partial charge is 0.223 e. The lowest BCUT2D eigenvalue weighted by molar-refractivity contribution is -0.129. The number of amides is 1. The molecule has 0 aromatic heterocycles. The SMILES string of the molecule is COc1ccc(CN2C(=O)C[C@H]3[C@H](CN(C)C)[C@@H](C)C[C@H]32)c(OC)c1. The summed E-state index contributed by atoms with van der Waals surface area (Å²) < 4.78 is 10.8. The molecule has 2 aliphatic rings. The van der Waals surface area contributed by atoms with Crippen molar-refractivity contribution in [1.29, 1.82) is 0 Å². The van der Waals surface area contributed by atoms with Crippen LogP contribution in [0.2, 0.25) is 0 Å². The molecule has 0 spiro atoms. The number of rotatable bonds is 6. The number of likely N-dealkylation sites (tertiary alicyclic amines) is 1. The van der Waals surface area contributed by atoms with E-state index in [1.165, 1.54) is 0 Å². The molecular formula is C20H30N2O3. The van der Waals surface area contributed by atoms with E-state index < -0.39 is 0 Å². The minimum atomic E-state index is 0.281. The van der Waals surface area contributed by atoms with Gasteiger partial charge in [-0.2, -0.15) is 0 Å². The molecule has 1 saturated heterocycles. The molecule has 1 aliphatic carbocycles. The highest BCUT2D eigenvalue weighted by Crippen LogP contribution is 2.47. The van der Waals surface area contributed by atoms with E-state index >= 15 is 0 Å². The second kappa shape index (κ2) is 7.24. The van der Waals surface area contributed by atoms with Gasteiger partial charge in [0, 0.05) is 37.2 Å². The van der Waals surface area contributed by atoms with E-state index in [1.54, 1.807) is 14.2 Å². The Hall–Kier alpha value is -1.75. The molecule has 25 heavy (non-hydrogen) atoms. The summed E-state index contributed by atoms with van der Waals surface area (Å²) in [5, 5.41) is 0. The van der Waals surface area contributed by atoms with Gasteiger partial charge < -0.3 is 19.3 Å². The van der Waals surface area contributed by atoms with Crippen LogP contribution in [-0.4, -0.2) is 56.6 Å². The quantitative estimate of drug-likeness (QED) is 0.794. The molecule has 0 bridgehead atoms. The van der Waals surface area contributed by atoms with Crippen molar-refractivity contribution in [1.82, 2.24) is 9.80 Å². The molecule has 4 atom stereocenters. The topological polar surface area (TPSA) is 42.0 Å². The van der Waals surface area contributed by atoms with Crippen molar-refractivity contribution in [2.45, 2.75) is 32.4 Å². The fourth-order valence-electron chi connectivity index (χ4n) is 4.70. The van der Waals surface area contributed by atoms with E-state index in [0.717, 1.165) is 30.0 Å². The highest BCUT2D eigenvalue weighted by molar-refractivity contribution is 5.79. The summed E-state index contributed by atoms with van der Waals surface area (Å²) in [6, 6.07) is 6.19. The zero-order valence-electron chi connectivity index (χ0n) is 16.0. The van der Waals surface area contributed by atoms with E-state index in [-0.39, 0.29) is 5.91 Å². The molecule has 1 aliphatic heterocycles. The van der Waals surface area contributed by atoms with E-state index in [4.69, 9.17) is 9.47 Å². The number of hydrogen-bond acceptors (Lipinski definition) is 4. The maximum Gasteiger partial charge on any atom is 0.223 e. The molecule has 2 fully saturated rings. The molecule has 1 aromatic rings. The number of benzene rings is 1. The first kappa shape index (κ1) is 18.1. The first-order valence-electron chi connectivity index (χ1n) is 9.09. The van der Waals surface area contributed by atoms with Gasteiger partial charge in [0.15, 0.2) is 0 Å². The summed E-state index contributed by atoms with van der Waals surface area (Å²) in [6.07, 6.45) is 1.79. The second-order valence-electron chi connectivity index (χ2n) is 7.77. The zero-order chi connectivity index (χ0) is 18.1. The first-order chi connectivity index (χ1) is 11.9. The van der Waals surface area contributed by atoms with Crippen LogP contribution in [0.1, 0.15) is 25.3 Å². The highest BCUT2D eigenvalue weighted by atomic mass is 16.5. The van der Waals surface area contributed by atoms with Gasteiger partial charge in [-0.25, -0.2) is 0 Å². The third-order valence-corrected chi connectivity index (χ3v) is 5.93. The van der Waals surface area contributed by atoms with Gasteiger partial charge in [-0.1, -0.05) is 6.92 Å². The maximum absolute atomic E-state index is 12.7. The highest BCUT2D eigenvalue weighted by Gasteiger charge is 2.50. The van der Waals surface area contributed by atoms with Crippen molar-refractivity contribution in [3.05, 3.63) is 23.8 Å². The molecule has 1 aromatic carbocycles. The summed E-state index contributed by atoms with van der Waals surface area (Å²) in [6.45, 7) is 4.02. The zero-order valence-corrected chi connectivity index (χ0v) is 16.0. The van der Waals surface area contributed by atoms with Crippen molar-refractivity contribution in [2.24, 2.45) is 17.8 Å². The van der Waals surface area contributed by atoms with Crippen LogP contribution in [0.25, 0.3) is 0 Å². The maximum atomic E-state index is 12.7. The summed E-state index contributed by atoms with van der Waals surface area (Å²) in [4.78, 5) is 17.0. The van der Waals surface area contributed by atoms with Gasteiger partial charge in [0.1, 0.15) is 11.5 Å². The van der Waals surface area contributed by atoms with E-state index in [0.29, 0.717) is 36.8 Å². The monoisotopic (exact) mass is 346 g/mol. The van der Waals surface area contributed by atoms with Crippen LogP contribution in [0.5, 0.6) is 11.5 Å². The Balaban J connectivity index is 1.79. The number of hydrogen-bond donors (Lipinski definition) is 0. The Morgan fingerprint density at radius 1 is 1.24 bits per heavy atom. The number of nitrogens with zero attached hydrogens (tertiary/aromatic N) is 2. The Morgan fingerprint density at radius 3 is 2.64 bits per heavy atom. The van der Waals surface area contributed by atoms with Crippen molar-refractivity contribution in [2.75, 3.05) is 34.9 Å². The fraction of sp³-hybridized carbons (Fsp3) is 0.650. The van der Waals surface area contributed by atoms with Gasteiger partial charge in [-0.3, -0.25) is 4.79 Å². The number of fused-ring (bicyclic) bond motifs is 1. The molecule has 0 radical (unpaired) electrons. The van der Waals surface area contributed by atoms with E-state index in [2.05, 4.69) is 30.8 Å². The van der Waals surface area contributed by atoms with Crippen LogP contribution in [0.15, 0.2) is 18.2 Å². The van der Waals surface area contributed by atoms with Crippen molar-refractivity contribution >= 4 is 5.91 Å². The number of carbonyl (C=O) groups excluding carboxylic acids is 1. The Labute approximate surface area is 150 Å². The lowest BCUT2D eigenvalue weighted by Crippen LogP contribution is -2.33. The van der Waals surface area contributed by atoms with Crippen LogP contribution in [0.4, 0.5) is 0 Å². The minimum absolute atomic E-state index is 0.281. The largest absolute Gasteiger partial charge is 0.497 e. The normalized spacial score (nSPS) is 28.6. The second-order valence-corrected chi connectivity index (χ2v) is 7.77. The van der Waals surface area contributed by atoms with E-state index in [1.807, 2.05) is 18.2 Å². The van der Waals surface area contributed by atoms with Gasteiger partial charge in [0.25, 0.3) is 0 Å². The molecular weight excluding hydrogens is 316 g/mol. The molecule has 138 valence electrons. The van der Waals surface area contributed by atoms with Crippen LogP contribution in [0.3, 0.4) is 0 Å². The third-order valence-electron chi connectivity index (χ3n) is 5.93. The predicted molar refractivity (Wildman–Crippen MR) is 97.8 cm³/mol. The van der Waals surface area contributed by atoms with Gasteiger partial charge >= 0.3 is 0 Å². The van der Waals surface area contributed by atoms with Gasteiger partial charge in [0.2, 0.25) is 5.91 Å². The Kier molecular flexibility index (Phi) is 5.23. The molecule has 3 rings (SSSR count). The summed E-state index contributed by atoms with van der Waals surface area (Å²) >= 11 is 0. The summed E-state index contributed by atoms with van der Waals surface area (Å²) in [7, 11) is 7.55. The first-order valence-corrected chi connectivity index (χ1v) is 9.09. The number of ether oxygens (including phenoxy) is 2. The minimum Gasteiger partial charge on any atom is -0.497 e. The molecule has 1 heterocycles. The lowest BCUT2D eigenvalue weighted by atomic mass is 9.88. The average Bonchev–Trinajstić information content (AvgIpc) is 3.04. The standard InChI is InChI=1S/C20H30N2O3/c1-13-8-18-16(17(13)12-21(2)3)10-20(23)22(18)11-14-6-7-15(24-4)9-19(14)25-5/h6-7,9,13,16-18H,8,10-12H2,1-5H3/t13-,16-,17+,18+/m0/s1. The van der Waals surface area contributed by atoms with Crippen LogP contribution in [-0.2, 0) is 11.3 Å². The summed E-state index contributed by atoms with van der Waals surface area (Å²) in [5.41, 5.74) is 1.04. The molecule has 0 unspecified atom stereocenters. The lowest BCUT2D eigenvalue weighted by Gasteiger charge is -2.26. The summed E-state index contributed by atoms with van der Waals surface area (Å²) in [5.74, 6) is 3.58. The predicted octanol–water partition coefficient (Wildman–Crippen LogP) is 2.64. The Bertz CT molecular complexity index is 631. The van der Waals surface area contributed by atoms with Crippen LogP contribution in [0, 0.1) is 17.8 Å². The van der Waals surface area contributed by atoms with Gasteiger partial charge in [-0.15, -0.1) is 0 Å². The molecule has 1 amide bonds. The number of carbonyl (C=O) groups is 1. The van der Waals surface area contributed by atoms with Gasteiger partial charge in [-0.05, 0) is 50.4 Å². The fourth-order valence-corrected chi connectivity index (χ4v) is 4.70. The molecule has 5 heteroatoms. The van der Waals surface area contributed by atoms with Crippen LogP contribution >= 0.6 is 0 Å². The van der Waals surface area contributed by atoms with Crippen LogP contribution < -0.4 is 9.47 Å². The molecule has 5 nitrogen and oxygen atoms in total. The molecule has 1 saturated carbocycles. The van der Waals surface area contributed by atoms with E-state index in [9.17, 15) is 4.79 Å². The average molecular weight is 346 g/mol. The van der Waals surface area contributed by atoms with Crippen molar-refractivity contribution in [3.63, 3.8) is 0 Å². The van der Waals surface area contributed by atoms with Crippen molar-refractivity contribution < 1.29 is 14.3 Å². The molecule has 0 N–H and O–H groups in total. The number of methoxy groups -OCH3 is 2. The Morgan fingerprint density at radius 2 is 2.00 bits per heavy atom. The van der Waals surface area contributed by atoms with Crippen molar-refractivity contribution in [3.8, 4) is 11.5 Å². The third kappa shape index (κ3) is 3.47. The van der Waals surface area contributed by atoms with Gasteiger partial charge in [0.05, 0.1) is 14.2 Å².